The van der Waals surface area contributed by atoms with E-state index >= 15 is 0 Å². The Morgan fingerprint density at radius 1 is 1.19 bits per heavy atom. The highest BCUT2D eigenvalue weighted by Gasteiger charge is 2.39. The molecular weight excluding hydrogens is 268 g/mol. The lowest BCUT2D eigenvalue weighted by atomic mass is 10.1. The van der Waals surface area contributed by atoms with E-state index in [1.165, 1.54) is 4.90 Å². The summed E-state index contributed by atoms with van der Waals surface area (Å²) in [6, 6.07) is 5.20. The fourth-order valence-corrected chi connectivity index (χ4v) is 3.03. The Hall–Kier alpha value is -1.92. The number of hydrogen-bond donors (Lipinski definition) is 1. The van der Waals surface area contributed by atoms with E-state index in [4.69, 9.17) is 5.73 Å². The molecule has 1 aromatic rings. The predicted molar refractivity (Wildman–Crippen MR) is 80.1 cm³/mol. The Morgan fingerprint density at radius 2 is 1.95 bits per heavy atom. The molecule has 0 aliphatic carbocycles. The molecule has 1 atom stereocenters. The summed E-state index contributed by atoms with van der Waals surface area (Å²) in [4.78, 5) is 30.7. The van der Waals surface area contributed by atoms with Gasteiger partial charge in [-0.3, -0.25) is 19.4 Å². The number of nitrogens with two attached hydrogens (primary N) is 1. The van der Waals surface area contributed by atoms with Crippen LogP contribution in [0.1, 0.15) is 20.7 Å². The number of hydrogen-bond acceptors (Lipinski definition) is 5. The van der Waals surface area contributed by atoms with Crippen LogP contribution >= 0.6 is 0 Å². The minimum atomic E-state index is -0.269. The van der Waals surface area contributed by atoms with Gasteiger partial charge < -0.3 is 10.6 Å². The van der Waals surface area contributed by atoms with Gasteiger partial charge in [0.05, 0.1) is 11.1 Å². The van der Waals surface area contributed by atoms with Crippen LogP contribution in [0.5, 0.6) is 0 Å². The van der Waals surface area contributed by atoms with Crippen molar-refractivity contribution in [1.82, 2.24) is 14.7 Å². The van der Waals surface area contributed by atoms with Gasteiger partial charge in [0.25, 0.3) is 11.8 Å². The molecule has 6 nitrogen and oxygen atoms in total. The van der Waals surface area contributed by atoms with E-state index in [2.05, 4.69) is 16.8 Å². The maximum atomic E-state index is 12.5. The zero-order valence-corrected chi connectivity index (χ0v) is 12.4. The van der Waals surface area contributed by atoms with Crippen molar-refractivity contribution in [2.75, 3.05) is 46.0 Å². The van der Waals surface area contributed by atoms with Crippen LogP contribution in [0.2, 0.25) is 0 Å². The molecule has 2 aliphatic heterocycles. The molecule has 0 bridgehead atoms. The number of rotatable bonds is 2. The second-order valence-corrected chi connectivity index (χ2v) is 5.89. The molecule has 2 amide bonds. The van der Waals surface area contributed by atoms with Crippen molar-refractivity contribution in [3.63, 3.8) is 0 Å². The first-order valence-electron chi connectivity index (χ1n) is 7.12. The van der Waals surface area contributed by atoms with Crippen LogP contribution in [-0.2, 0) is 0 Å². The Bertz CT molecular complexity index is 601. The molecule has 1 saturated heterocycles. The minimum Gasteiger partial charge on any atom is -0.398 e. The van der Waals surface area contributed by atoms with Crippen LogP contribution in [0.3, 0.4) is 0 Å². The number of piperazine rings is 1. The van der Waals surface area contributed by atoms with Crippen molar-refractivity contribution in [3.8, 4) is 0 Å². The third kappa shape index (κ3) is 2.30. The van der Waals surface area contributed by atoms with Crippen LogP contribution in [-0.4, -0.2) is 72.8 Å². The van der Waals surface area contributed by atoms with E-state index in [1.807, 2.05) is 7.05 Å². The van der Waals surface area contributed by atoms with Crippen LogP contribution in [0.4, 0.5) is 5.69 Å². The van der Waals surface area contributed by atoms with Gasteiger partial charge in [0.1, 0.15) is 0 Å². The standard InChI is InChI=1S/C15H20N4O2/c1-17-6-7-18(2)10(8-17)9-19-14(20)11-4-3-5-12(16)13(11)15(19)21/h3-5,10H,6-9,16H2,1-2H3. The Morgan fingerprint density at radius 3 is 2.67 bits per heavy atom. The van der Waals surface area contributed by atoms with Crippen LogP contribution < -0.4 is 5.73 Å². The van der Waals surface area contributed by atoms with Gasteiger partial charge in [0.2, 0.25) is 0 Å². The first-order valence-corrected chi connectivity index (χ1v) is 7.12. The van der Waals surface area contributed by atoms with Gasteiger partial charge in [-0.2, -0.15) is 0 Å². The summed E-state index contributed by atoms with van der Waals surface area (Å²) >= 11 is 0. The number of nitrogen functional groups attached to an aromatic ring is 1. The molecule has 0 saturated carbocycles. The molecule has 1 fully saturated rings. The molecule has 0 radical (unpaired) electrons. The predicted octanol–water partition coefficient (Wildman–Crippen LogP) is 0.111. The summed E-state index contributed by atoms with van der Waals surface area (Å²) in [6.07, 6.45) is 0. The zero-order chi connectivity index (χ0) is 15.1. The average Bonchev–Trinajstić information content (AvgIpc) is 2.69. The number of fused-ring (bicyclic) bond motifs is 1. The van der Waals surface area contributed by atoms with Gasteiger partial charge in [0.15, 0.2) is 0 Å². The number of amides is 2. The maximum absolute atomic E-state index is 12.5. The number of benzene rings is 1. The molecular formula is C15H20N4O2. The number of imide groups is 1. The van der Waals surface area contributed by atoms with Gasteiger partial charge in [-0.05, 0) is 26.2 Å². The lowest BCUT2D eigenvalue weighted by Gasteiger charge is -2.39. The van der Waals surface area contributed by atoms with Crippen molar-refractivity contribution in [3.05, 3.63) is 29.3 Å². The highest BCUT2D eigenvalue weighted by atomic mass is 16.2. The molecule has 112 valence electrons. The largest absolute Gasteiger partial charge is 0.398 e. The molecule has 2 heterocycles. The van der Waals surface area contributed by atoms with Crippen LogP contribution in [0.25, 0.3) is 0 Å². The average molecular weight is 288 g/mol. The summed E-state index contributed by atoms with van der Waals surface area (Å²) in [5, 5.41) is 0. The van der Waals surface area contributed by atoms with Gasteiger partial charge in [0, 0.05) is 37.9 Å². The maximum Gasteiger partial charge on any atom is 0.263 e. The van der Waals surface area contributed by atoms with E-state index in [1.54, 1.807) is 18.2 Å². The van der Waals surface area contributed by atoms with E-state index in [9.17, 15) is 9.59 Å². The Balaban J connectivity index is 1.83. The number of nitrogens with zero attached hydrogens (tertiary/aromatic N) is 3. The number of anilines is 1. The van der Waals surface area contributed by atoms with Gasteiger partial charge in [-0.25, -0.2) is 0 Å². The third-order valence-corrected chi connectivity index (χ3v) is 4.40. The third-order valence-electron chi connectivity index (χ3n) is 4.40. The number of carbonyl (C=O) groups excluding carboxylic acids is 2. The molecule has 2 aliphatic rings. The van der Waals surface area contributed by atoms with E-state index in [0.717, 1.165) is 19.6 Å². The SMILES string of the molecule is CN1CCN(C)C(CN2C(=O)c3cccc(N)c3C2=O)C1. The first kappa shape index (κ1) is 14.0. The van der Waals surface area contributed by atoms with Crippen LogP contribution in [0.15, 0.2) is 18.2 Å². The summed E-state index contributed by atoms with van der Waals surface area (Å²) in [6.45, 7) is 3.19. The van der Waals surface area contributed by atoms with Crippen molar-refractivity contribution < 1.29 is 9.59 Å². The van der Waals surface area contributed by atoms with Crippen molar-refractivity contribution >= 4 is 17.5 Å². The molecule has 1 aromatic carbocycles. The number of likely N-dealkylation sites (N-methyl/N-ethyl adjacent to an activating group) is 2. The number of carbonyl (C=O) groups is 2. The molecule has 0 spiro atoms. The Kier molecular flexibility index (Phi) is 3.43. The lowest BCUT2D eigenvalue weighted by Crippen LogP contribution is -2.55. The quantitative estimate of drug-likeness (QED) is 0.618. The van der Waals surface area contributed by atoms with E-state index < -0.39 is 0 Å². The molecule has 1 unspecified atom stereocenters. The first-order chi connectivity index (χ1) is 9.99. The zero-order valence-electron chi connectivity index (χ0n) is 12.4. The van der Waals surface area contributed by atoms with Gasteiger partial charge >= 0.3 is 0 Å². The highest BCUT2D eigenvalue weighted by Crippen LogP contribution is 2.28. The molecule has 0 aromatic heterocycles. The second kappa shape index (κ2) is 5.13. The molecule has 21 heavy (non-hydrogen) atoms. The minimum absolute atomic E-state index is 0.159. The second-order valence-electron chi connectivity index (χ2n) is 5.89. The summed E-state index contributed by atoms with van der Waals surface area (Å²) < 4.78 is 0. The van der Waals surface area contributed by atoms with Crippen LogP contribution in [0, 0.1) is 0 Å². The van der Waals surface area contributed by atoms with Crippen molar-refractivity contribution in [1.29, 1.82) is 0 Å². The normalized spacial score (nSPS) is 23.7. The van der Waals surface area contributed by atoms with E-state index in [0.29, 0.717) is 23.4 Å². The van der Waals surface area contributed by atoms with Crippen molar-refractivity contribution in [2.24, 2.45) is 0 Å². The van der Waals surface area contributed by atoms with Gasteiger partial charge in [-0.1, -0.05) is 6.07 Å². The van der Waals surface area contributed by atoms with Crippen molar-refractivity contribution in [2.45, 2.75) is 6.04 Å². The van der Waals surface area contributed by atoms with E-state index in [-0.39, 0.29) is 17.9 Å². The molecule has 2 N–H and O–H groups in total. The fourth-order valence-electron chi connectivity index (χ4n) is 3.03. The molecule has 6 heteroatoms. The summed E-state index contributed by atoms with van der Waals surface area (Å²) in [7, 11) is 4.09. The Labute approximate surface area is 124 Å². The fraction of sp³-hybridized carbons (Fsp3) is 0.467. The lowest BCUT2D eigenvalue weighted by molar-refractivity contribution is 0.0516. The highest BCUT2D eigenvalue weighted by molar-refractivity contribution is 6.23. The smallest absolute Gasteiger partial charge is 0.263 e. The van der Waals surface area contributed by atoms with Gasteiger partial charge in [-0.15, -0.1) is 0 Å². The topological polar surface area (TPSA) is 69.9 Å². The monoisotopic (exact) mass is 288 g/mol. The summed E-state index contributed by atoms with van der Waals surface area (Å²) in [5.74, 6) is -0.501. The summed E-state index contributed by atoms with van der Waals surface area (Å²) in [5.41, 5.74) is 7.01. The molecule has 3 rings (SSSR count).